The summed E-state index contributed by atoms with van der Waals surface area (Å²) >= 11 is 0. The molecule has 21 heavy (non-hydrogen) atoms. The molecule has 1 aliphatic rings. The minimum absolute atomic E-state index is 0.250. The summed E-state index contributed by atoms with van der Waals surface area (Å²) in [5, 5.41) is 9.85. The number of pyridine rings is 1. The van der Waals surface area contributed by atoms with Crippen LogP contribution in [0.5, 0.6) is 0 Å². The van der Waals surface area contributed by atoms with Crippen LogP contribution < -0.4 is 10.3 Å². The molecular weight excluding hydrogens is 260 g/mol. The molecule has 0 bridgehead atoms. The van der Waals surface area contributed by atoms with Crippen LogP contribution in [-0.4, -0.2) is 17.2 Å². The first-order chi connectivity index (χ1) is 10.3. The van der Waals surface area contributed by atoms with Crippen LogP contribution in [-0.2, 0) is 0 Å². The molecule has 1 aliphatic heterocycles. The number of aromatic nitrogens is 1. The first-order valence-corrected chi connectivity index (χ1v) is 7.00. The van der Waals surface area contributed by atoms with E-state index in [2.05, 4.69) is 22.9 Å². The number of nitrogens with one attached hydrogen (secondary N) is 1. The molecule has 1 aromatic heterocycles. The second-order valence-corrected chi connectivity index (χ2v) is 4.98. The van der Waals surface area contributed by atoms with Crippen LogP contribution >= 0.6 is 0 Å². The summed E-state index contributed by atoms with van der Waals surface area (Å²) in [4.78, 5) is 4.35. The number of hydrazone groups is 1. The Morgan fingerprint density at radius 2 is 2.14 bits per heavy atom. The van der Waals surface area contributed by atoms with Crippen LogP contribution in [0.4, 0.5) is 11.5 Å². The Morgan fingerprint density at radius 1 is 1.33 bits per heavy atom. The molecule has 0 aliphatic carbocycles. The van der Waals surface area contributed by atoms with Crippen molar-refractivity contribution in [2.45, 2.75) is 12.8 Å². The van der Waals surface area contributed by atoms with Crippen molar-refractivity contribution in [3.05, 3.63) is 67.0 Å². The largest absolute Gasteiger partial charge is 0.369 e. The van der Waals surface area contributed by atoms with Gasteiger partial charge in [-0.25, -0.2) is 9.99 Å². The summed E-state index contributed by atoms with van der Waals surface area (Å²) in [5.74, 6) is 1.21. The highest BCUT2D eigenvalue weighted by Gasteiger charge is 2.25. The Balaban J connectivity index is 1.88. The smallest absolute Gasteiger partial charge is 0.129 e. The standard InChI is InChI=1S/C17H18N4/c1-3-21(14-8-5-4-6-9-14)20-13(2)16-12-19-17-15(16)10-7-11-18-17/h3-11,16H,1,12H2,2H3,(H,18,19)/b20-13+. The van der Waals surface area contributed by atoms with Gasteiger partial charge in [-0.3, -0.25) is 0 Å². The fraction of sp³-hybridized carbons (Fsp3) is 0.176. The number of anilines is 2. The number of rotatable bonds is 4. The second-order valence-electron chi connectivity index (χ2n) is 4.98. The van der Waals surface area contributed by atoms with E-state index in [1.54, 1.807) is 12.4 Å². The lowest BCUT2D eigenvalue weighted by atomic mass is 9.99. The molecule has 4 heteroatoms. The minimum atomic E-state index is 0.250. The minimum Gasteiger partial charge on any atom is -0.369 e. The highest BCUT2D eigenvalue weighted by Crippen LogP contribution is 2.30. The first-order valence-electron chi connectivity index (χ1n) is 7.00. The van der Waals surface area contributed by atoms with Gasteiger partial charge in [-0.2, -0.15) is 5.10 Å². The van der Waals surface area contributed by atoms with Crippen LogP contribution in [0.25, 0.3) is 0 Å². The van der Waals surface area contributed by atoms with Crippen molar-refractivity contribution in [1.82, 2.24) is 4.98 Å². The summed E-state index contributed by atoms with van der Waals surface area (Å²) in [6, 6.07) is 14.1. The lowest BCUT2D eigenvalue weighted by molar-refractivity contribution is 0.956. The van der Waals surface area contributed by atoms with E-state index in [1.807, 2.05) is 48.3 Å². The Labute approximate surface area is 124 Å². The predicted octanol–water partition coefficient (Wildman–Crippen LogP) is 3.62. The third kappa shape index (κ3) is 2.65. The summed E-state index contributed by atoms with van der Waals surface area (Å²) in [6.07, 6.45) is 3.53. The van der Waals surface area contributed by atoms with Crippen LogP contribution in [0.3, 0.4) is 0 Å². The molecule has 0 spiro atoms. The molecular formula is C17H18N4. The molecule has 2 heterocycles. The van der Waals surface area contributed by atoms with E-state index in [0.29, 0.717) is 0 Å². The zero-order valence-corrected chi connectivity index (χ0v) is 12.0. The van der Waals surface area contributed by atoms with Gasteiger partial charge in [0.15, 0.2) is 0 Å². The van der Waals surface area contributed by atoms with Gasteiger partial charge in [0, 0.05) is 36.1 Å². The normalized spacial score (nSPS) is 17.0. The Kier molecular flexibility index (Phi) is 3.69. The second kappa shape index (κ2) is 5.79. The topological polar surface area (TPSA) is 40.5 Å². The quantitative estimate of drug-likeness (QED) is 0.686. The molecule has 0 amide bonds. The Morgan fingerprint density at radius 3 is 2.90 bits per heavy atom. The van der Waals surface area contributed by atoms with Crippen LogP contribution in [0, 0.1) is 0 Å². The van der Waals surface area contributed by atoms with Crippen molar-refractivity contribution in [3.8, 4) is 0 Å². The van der Waals surface area contributed by atoms with E-state index >= 15 is 0 Å². The number of benzene rings is 1. The van der Waals surface area contributed by atoms with E-state index in [-0.39, 0.29) is 5.92 Å². The molecule has 0 saturated heterocycles. The molecule has 0 radical (unpaired) electrons. The monoisotopic (exact) mass is 278 g/mol. The molecule has 1 unspecified atom stereocenters. The maximum atomic E-state index is 4.71. The van der Waals surface area contributed by atoms with Gasteiger partial charge < -0.3 is 5.32 Å². The lowest BCUT2D eigenvalue weighted by Gasteiger charge is -2.17. The van der Waals surface area contributed by atoms with Crippen LogP contribution in [0.1, 0.15) is 18.4 Å². The molecule has 1 atom stereocenters. The Hall–Kier alpha value is -2.62. The average Bonchev–Trinajstić information content (AvgIpc) is 2.97. The third-order valence-corrected chi connectivity index (χ3v) is 3.65. The number of para-hydroxylation sites is 1. The van der Waals surface area contributed by atoms with E-state index in [9.17, 15) is 0 Å². The van der Waals surface area contributed by atoms with E-state index in [4.69, 9.17) is 5.10 Å². The fourth-order valence-electron chi connectivity index (χ4n) is 2.55. The number of hydrogen-bond acceptors (Lipinski definition) is 4. The zero-order valence-electron chi connectivity index (χ0n) is 12.0. The van der Waals surface area contributed by atoms with Crippen LogP contribution in [0.15, 0.2) is 66.5 Å². The van der Waals surface area contributed by atoms with Gasteiger partial charge in [0.1, 0.15) is 5.82 Å². The van der Waals surface area contributed by atoms with Crippen molar-refractivity contribution >= 4 is 17.2 Å². The molecule has 0 fully saturated rings. The number of hydrogen-bond donors (Lipinski definition) is 1. The lowest BCUT2D eigenvalue weighted by Crippen LogP contribution is -2.17. The summed E-state index contributed by atoms with van der Waals surface area (Å²) in [5.41, 5.74) is 3.25. The molecule has 3 rings (SSSR count). The summed E-state index contributed by atoms with van der Waals surface area (Å²) < 4.78 is 0. The molecule has 1 N–H and O–H groups in total. The molecule has 2 aromatic rings. The van der Waals surface area contributed by atoms with E-state index < -0.39 is 0 Å². The third-order valence-electron chi connectivity index (χ3n) is 3.65. The van der Waals surface area contributed by atoms with Crippen molar-refractivity contribution in [3.63, 3.8) is 0 Å². The maximum Gasteiger partial charge on any atom is 0.129 e. The molecule has 0 saturated carbocycles. The number of nitrogens with zero attached hydrogens (tertiary/aromatic N) is 3. The summed E-state index contributed by atoms with van der Waals surface area (Å²) in [7, 11) is 0. The van der Waals surface area contributed by atoms with Crippen molar-refractivity contribution in [2.24, 2.45) is 5.10 Å². The van der Waals surface area contributed by atoms with Crippen molar-refractivity contribution in [2.75, 3.05) is 16.9 Å². The molecule has 4 nitrogen and oxygen atoms in total. The van der Waals surface area contributed by atoms with Gasteiger partial charge in [0.25, 0.3) is 0 Å². The van der Waals surface area contributed by atoms with E-state index in [1.165, 1.54) is 5.56 Å². The zero-order chi connectivity index (χ0) is 14.7. The fourth-order valence-corrected chi connectivity index (χ4v) is 2.55. The Bertz CT molecular complexity index is 664. The van der Waals surface area contributed by atoms with Crippen molar-refractivity contribution in [1.29, 1.82) is 0 Å². The van der Waals surface area contributed by atoms with Gasteiger partial charge in [-0.15, -0.1) is 0 Å². The van der Waals surface area contributed by atoms with E-state index in [0.717, 1.165) is 23.8 Å². The highest BCUT2D eigenvalue weighted by atomic mass is 15.4. The number of fused-ring (bicyclic) bond motifs is 1. The van der Waals surface area contributed by atoms with Gasteiger partial charge in [0.05, 0.1) is 5.69 Å². The predicted molar refractivity (Wildman–Crippen MR) is 87.7 cm³/mol. The first kappa shape index (κ1) is 13.4. The average molecular weight is 278 g/mol. The van der Waals surface area contributed by atoms with Gasteiger partial charge in [0.2, 0.25) is 0 Å². The van der Waals surface area contributed by atoms with Crippen molar-refractivity contribution < 1.29 is 0 Å². The summed E-state index contributed by atoms with van der Waals surface area (Å²) in [6.45, 7) is 6.74. The maximum absolute atomic E-state index is 4.71. The van der Waals surface area contributed by atoms with Gasteiger partial charge in [-0.05, 0) is 25.1 Å². The van der Waals surface area contributed by atoms with Crippen LogP contribution in [0.2, 0.25) is 0 Å². The van der Waals surface area contributed by atoms with Gasteiger partial charge >= 0.3 is 0 Å². The SMILES string of the molecule is C=CN(/N=C(\C)C1CNc2ncccc21)c1ccccc1. The van der Waals surface area contributed by atoms with Gasteiger partial charge in [-0.1, -0.05) is 30.8 Å². The molecule has 106 valence electrons. The highest BCUT2D eigenvalue weighted by molar-refractivity contribution is 5.92. The molecule has 1 aromatic carbocycles.